The SMILES string of the molecule is CNC(Cc1ccc(F)c(C)c1)c1nc2ccccc2s1. The third-order valence-electron chi connectivity index (χ3n) is 3.62. The Balaban J connectivity index is 1.88. The minimum atomic E-state index is -0.153. The summed E-state index contributed by atoms with van der Waals surface area (Å²) in [4.78, 5) is 4.70. The van der Waals surface area contributed by atoms with Crippen LogP contribution in [-0.2, 0) is 6.42 Å². The standard InChI is InChI=1S/C17H17FN2S/c1-11-9-12(7-8-13(11)18)10-15(19-2)17-20-14-5-3-4-6-16(14)21-17/h3-9,15,19H,10H2,1-2H3. The van der Waals surface area contributed by atoms with Crippen LogP contribution in [0.15, 0.2) is 42.5 Å². The lowest BCUT2D eigenvalue weighted by molar-refractivity contribution is 0.585. The molecule has 0 aliphatic carbocycles. The largest absolute Gasteiger partial charge is 0.311 e. The zero-order chi connectivity index (χ0) is 14.8. The van der Waals surface area contributed by atoms with Gasteiger partial charge < -0.3 is 5.32 Å². The van der Waals surface area contributed by atoms with Gasteiger partial charge in [0.1, 0.15) is 10.8 Å². The molecule has 3 aromatic rings. The van der Waals surface area contributed by atoms with E-state index in [1.165, 1.54) is 10.8 Å². The predicted molar refractivity (Wildman–Crippen MR) is 86.3 cm³/mol. The molecule has 4 heteroatoms. The van der Waals surface area contributed by atoms with Crippen LogP contribution in [0.2, 0.25) is 0 Å². The predicted octanol–water partition coefficient (Wildman–Crippen LogP) is 4.25. The lowest BCUT2D eigenvalue weighted by Gasteiger charge is -2.14. The highest BCUT2D eigenvalue weighted by molar-refractivity contribution is 7.18. The molecule has 0 amide bonds. The maximum Gasteiger partial charge on any atom is 0.126 e. The number of fused-ring (bicyclic) bond motifs is 1. The number of aromatic nitrogens is 1. The van der Waals surface area contributed by atoms with Crippen LogP contribution in [0.3, 0.4) is 0 Å². The summed E-state index contributed by atoms with van der Waals surface area (Å²) in [7, 11) is 1.94. The number of nitrogens with one attached hydrogen (secondary N) is 1. The van der Waals surface area contributed by atoms with E-state index in [1.54, 1.807) is 18.3 Å². The second-order valence-corrected chi connectivity index (χ2v) is 6.21. The van der Waals surface area contributed by atoms with Gasteiger partial charge in [-0.05, 0) is 49.7 Å². The van der Waals surface area contributed by atoms with Gasteiger partial charge in [0.15, 0.2) is 0 Å². The molecular weight excluding hydrogens is 283 g/mol. The molecule has 1 N–H and O–H groups in total. The first-order valence-corrected chi connectivity index (χ1v) is 7.77. The van der Waals surface area contributed by atoms with Gasteiger partial charge in [-0.1, -0.05) is 24.3 Å². The highest BCUT2D eigenvalue weighted by atomic mass is 32.1. The minimum absolute atomic E-state index is 0.146. The van der Waals surface area contributed by atoms with E-state index in [9.17, 15) is 4.39 Å². The number of halogens is 1. The molecule has 0 radical (unpaired) electrons. The summed E-state index contributed by atoms with van der Waals surface area (Å²) in [6.45, 7) is 1.80. The van der Waals surface area contributed by atoms with Gasteiger partial charge in [-0.25, -0.2) is 9.37 Å². The molecule has 2 aromatic carbocycles. The quantitative estimate of drug-likeness (QED) is 0.779. The molecule has 1 atom stereocenters. The minimum Gasteiger partial charge on any atom is -0.311 e. The smallest absolute Gasteiger partial charge is 0.126 e. The first-order valence-electron chi connectivity index (χ1n) is 6.95. The van der Waals surface area contributed by atoms with E-state index in [-0.39, 0.29) is 11.9 Å². The van der Waals surface area contributed by atoms with Gasteiger partial charge in [-0.3, -0.25) is 0 Å². The summed E-state index contributed by atoms with van der Waals surface area (Å²) in [5.41, 5.74) is 2.84. The average molecular weight is 300 g/mol. The first kappa shape index (κ1) is 14.2. The van der Waals surface area contributed by atoms with Gasteiger partial charge in [0.25, 0.3) is 0 Å². The van der Waals surface area contributed by atoms with Crippen LogP contribution in [0.5, 0.6) is 0 Å². The number of hydrogen-bond donors (Lipinski definition) is 1. The molecular formula is C17H17FN2S. The van der Waals surface area contributed by atoms with E-state index in [4.69, 9.17) is 4.98 Å². The summed E-state index contributed by atoms with van der Waals surface area (Å²) < 4.78 is 14.6. The van der Waals surface area contributed by atoms with Gasteiger partial charge >= 0.3 is 0 Å². The van der Waals surface area contributed by atoms with E-state index in [0.717, 1.165) is 22.5 Å². The van der Waals surface area contributed by atoms with Crippen LogP contribution in [0.25, 0.3) is 10.2 Å². The van der Waals surface area contributed by atoms with Gasteiger partial charge in [0.2, 0.25) is 0 Å². The zero-order valence-corrected chi connectivity index (χ0v) is 12.9. The van der Waals surface area contributed by atoms with Gasteiger partial charge in [-0.15, -0.1) is 11.3 Å². The van der Waals surface area contributed by atoms with E-state index < -0.39 is 0 Å². The van der Waals surface area contributed by atoms with Gasteiger partial charge in [0, 0.05) is 0 Å². The van der Waals surface area contributed by atoms with Crippen LogP contribution < -0.4 is 5.32 Å². The van der Waals surface area contributed by atoms with Crippen molar-refractivity contribution in [1.29, 1.82) is 0 Å². The molecule has 0 saturated carbocycles. The third kappa shape index (κ3) is 2.96. The fourth-order valence-electron chi connectivity index (χ4n) is 2.42. The Kier molecular flexibility index (Phi) is 3.99. The number of likely N-dealkylation sites (N-methyl/N-ethyl adjacent to an activating group) is 1. The summed E-state index contributed by atoms with van der Waals surface area (Å²) in [5, 5.41) is 4.39. The molecule has 1 aromatic heterocycles. The molecule has 108 valence electrons. The Labute approximate surface area is 127 Å². The Morgan fingerprint density at radius 3 is 2.76 bits per heavy atom. The zero-order valence-electron chi connectivity index (χ0n) is 12.1. The van der Waals surface area contributed by atoms with Crippen molar-refractivity contribution < 1.29 is 4.39 Å². The van der Waals surface area contributed by atoms with E-state index in [1.807, 2.05) is 37.4 Å². The number of benzene rings is 2. The Hall–Kier alpha value is -1.78. The third-order valence-corrected chi connectivity index (χ3v) is 4.77. The Bertz CT molecular complexity index is 733. The van der Waals surface area contributed by atoms with Crippen molar-refractivity contribution in [3.8, 4) is 0 Å². The van der Waals surface area contributed by atoms with Crippen molar-refractivity contribution in [2.45, 2.75) is 19.4 Å². The number of aryl methyl sites for hydroxylation is 1. The highest BCUT2D eigenvalue weighted by Gasteiger charge is 2.15. The number of thiazole rings is 1. The first-order chi connectivity index (χ1) is 10.2. The van der Waals surface area contributed by atoms with Crippen LogP contribution >= 0.6 is 11.3 Å². The molecule has 0 aliphatic heterocycles. The molecule has 0 saturated heterocycles. The molecule has 0 spiro atoms. The Morgan fingerprint density at radius 2 is 2.05 bits per heavy atom. The molecule has 3 rings (SSSR count). The summed E-state index contributed by atoms with van der Waals surface area (Å²) >= 11 is 1.71. The summed E-state index contributed by atoms with van der Waals surface area (Å²) in [6.07, 6.45) is 0.803. The number of hydrogen-bond acceptors (Lipinski definition) is 3. The van der Waals surface area contributed by atoms with Crippen LogP contribution in [0.1, 0.15) is 22.2 Å². The molecule has 2 nitrogen and oxygen atoms in total. The fourth-order valence-corrected chi connectivity index (χ4v) is 3.50. The maximum atomic E-state index is 13.4. The van der Waals surface area contributed by atoms with Crippen molar-refractivity contribution in [2.75, 3.05) is 7.05 Å². The van der Waals surface area contributed by atoms with Crippen molar-refractivity contribution in [3.05, 3.63) is 64.4 Å². The maximum absolute atomic E-state index is 13.4. The van der Waals surface area contributed by atoms with Crippen LogP contribution in [0, 0.1) is 12.7 Å². The number of para-hydroxylation sites is 1. The topological polar surface area (TPSA) is 24.9 Å². The van der Waals surface area contributed by atoms with Gasteiger partial charge in [0.05, 0.1) is 16.3 Å². The molecule has 0 aliphatic rings. The van der Waals surface area contributed by atoms with Crippen LogP contribution in [-0.4, -0.2) is 12.0 Å². The summed E-state index contributed by atoms with van der Waals surface area (Å²) in [5.74, 6) is -0.153. The number of nitrogens with zero attached hydrogens (tertiary/aromatic N) is 1. The lowest BCUT2D eigenvalue weighted by Crippen LogP contribution is -2.18. The van der Waals surface area contributed by atoms with Gasteiger partial charge in [-0.2, -0.15) is 0 Å². The van der Waals surface area contributed by atoms with E-state index in [0.29, 0.717) is 5.56 Å². The molecule has 1 heterocycles. The summed E-state index contributed by atoms with van der Waals surface area (Å²) in [6, 6.07) is 13.6. The average Bonchev–Trinajstić information content (AvgIpc) is 2.92. The van der Waals surface area contributed by atoms with Crippen molar-refractivity contribution >= 4 is 21.6 Å². The molecule has 1 unspecified atom stereocenters. The molecule has 0 bridgehead atoms. The molecule has 21 heavy (non-hydrogen) atoms. The number of rotatable bonds is 4. The van der Waals surface area contributed by atoms with Crippen molar-refractivity contribution in [2.24, 2.45) is 0 Å². The molecule has 0 fully saturated rings. The highest BCUT2D eigenvalue weighted by Crippen LogP contribution is 2.28. The van der Waals surface area contributed by atoms with E-state index >= 15 is 0 Å². The fraction of sp³-hybridized carbons (Fsp3) is 0.235. The normalized spacial score (nSPS) is 12.7. The second kappa shape index (κ2) is 5.92. The van der Waals surface area contributed by atoms with Crippen LogP contribution in [0.4, 0.5) is 4.39 Å². The lowest BCUT2D eigenvalue weighted by atomic mass is 10.0. The monoisotopic (exact) mass is 300 g/mol. The second-order valence-electron chi connectivity index (χ2n) is 5.15. The van der Waals surface area contributed by atoms with Crippen molar-refractivity contribution in [3.63, 3.8) is 0 Å². The van der Waals surface area contributed by atoms with E-state index in [2.05, 4.69) is 11.4 Å². The Morgan fingerprint density at radius 1 is 1.24 bits per heavy atom. The van der Waals surface area contributed by atoms with Crippen molar-refractivity contribution in [1.82, 2.24) is 10.3 Å².